The van der Waals surface area contributed by atoms with Crippen molar-refractivity contribution in [2.24, 2.45) is 0 Å². The van der Waals surface area contributed by atoms with E-state index in [2.05, 4.69) is 10.6 Å². The van der Waals surface area contributed by atoms with Crippen molar-refractivity contribution in [3.8, 4) is 0 Å². The number of nitrogens with one attached hydrogen (secondary N) is 2. The molecule has 0 heterocycles. The van der Waals surface area contributed by atoms with Crippen LogP contribution in [0.1, 0.15) is 45.4 Å². The molecule has 4 heteroatoms. The number of rotatable bonds is 4. The molecule has 0 saturated heterocycles. The molecule has 1 aliphatic carbocycles. The first-order valence-electron chi connectivity index (χ1n) is 5.89. The van der Waals surface area contributed by atoms with Crippen molar-refractivity contribution in [1.82, 2.24) is 10.6 Å². The Hall–Kier alpha value is -0.770. The van der Waals surface area contributed by atoms with Gasteiger partial charge in [-0.15, -0.1) is 0 Å². The van der Waals surface area contributed by atoms with Gasteiger partial charge in [-0.1, -0.05) is 26.2 Å². The molecule has 0 aromatic rings. The van der Waals surface area contributed by atoms with Crippen molar-refractivity contribution in [1.29, 1.82) is 0 Å². The van der Waals surface area contributed by atoms with Gasteiger partial charge in [-0.2, -0.15) is 0 Å². The highest BCUT2D eigenvalue weighted by Gasteiger charge is 2.32. The molecule has 1 aliphatic rings. The summed E-state index contributed by atoms with van der Waals surface area (Å²) in [6.07, 6.45) is 6.11. The fraction of sp³-hybridized carbons (Fsp3) is 0.909. The van der Waals surface area contributed by atoms with Gasteiger partial charge in [-0.3, -0.25) is 0 Å². The van der Waals surface area contributed by atoms with E-state index < -0.39 is 0 Å². The summed E-state index contributed by atoms with van der Waals surface area (Å²) in [5.74, 6) is 0. The van der Waals surface area contributed by atoms with E-state index in [4.69, 9.17) is 0 Å². The maximum absolute atomic E-state index is 11.5. The summed E-state index contributed by atoms with van der Waals surface area (Å²) < 4.78 is 0. The number of aliphatic hydroxyl groups is 1. The first-order valence-corrected chi connectivity index (χ1v) is 5.89. The van der Waals surface area contributed by atoms with Gasteiger partial charge >= 0.3 is 6.03 Å². The lowest BCUT2D eigenvalue weighted by atomic mass is 9.82. The number of hydrogen-bond donors (Lipinski definition) is 3. The Kier molecular flexibility index (Phi) is 4.88. The number of hydrogen-bond acceptors (Lipinski definition) is 2. The van der Waals surface area contributed by atoms with Crippen LogP contribution in [0.2, 0.25) is 0 Å². The van der Waals surface area contributed by atoms with Crippen molar-refractivity contribution in [3.05, 3.63) is 0 Å². The molecule has 3 N–H and O–H groups in total. The summed E-state index contributed by atoms with van der Waals surface area (Å²) in [7, 11) is 0. The van der Waals surface area contributed by atoms with Crippen LogP contribution < -0.4 is 10.6 Å². The monoisotopic (exact) mass is 214 g/mol. The van der Waals surface area contributed by atoms with Crippen LogP contribution in [0.5, 0.6) is 0 Å². The van der Waals surface area contributed by atoms with Gasteiger partial charge in [0, 0.05) is 6.54 Å². The molecule has 2 amide bonds. The molecule has 88 valence electrons. The van der Waals surface area contributed by atoms with E-state index in [1.165, 1.54) is 6.42 Å². The molecule has 0 aromatic heterocycles. The van der Waals surface area contributed by atoms with Crippen LogP contribution in [-0.2, 0) is 0 Å². The van der Waals surface area contributed by atoms with Crippen molar-refractivity contribution in [2.45, 2.75) is 51.0 Å². The largest absolute Gasteiger partial charge is 0.394 e. The van der Waals surface area contributed by atoms with E-state index in [-0.39, 0.29) is 18.2 Å². The molecule has 0 atom stereocenters. The lowest BCUT2D eigenvalue weighted by Crippen LogP contribution is -2.55. The summed E-state index contributed by atoms with van der Waals surface area (Å²) in [6, 6.07) is -0.146. The fourth-order valence-electron chi connectivity index (χ4n) is 2.07. The van der Waals surface area contributed by atoms with Crippen LogP contribution in [0.15, 0.2) is 0 Å². The topological polar surface area (TPSA) is 61.4 Å². The third-order valence-corrected chi connectivity index (χ3v) is 3.03. The standard InChI is InChI=1S/C11H22N2O2/c1-2-8-12-10(15)13-11(9-14)6-4-3-5-7-11/h14H,2-9H2,1H3,(H2,12,13,15). The lowest BCUT2D eigenvalue weighted by molar-refractivity contribution is 0.125. The maximum atomic E-state index is 11.5. The van der Waals surface area contributed by atoms with Gasteiger partial charge in [0.15, 0.2) is 0 Å². The predicted molar refractivity (Wildman–Crippen MR) is 59.7 cm³/mol. The number of carbonyl (C=O) groups is 1. The zero-order chi connectivity index (χ0) is 11.1. The van der Waals surface area contributed by atoms with Gasteiger partial charge in [0.2, 0.25) is 0 Å². The van der Waals surface area contributed by atoms with E-state index in [0.717, 1.165) is 32.1 Å². The van der Waals surface area contributed by atoms with Gasteiger partial charge in [0.25, 0.3) is 0 Å². The SMILES string of the molecule is CCCNC(=O)NC1(CO)CCCCC1. The van der Waals surface area contributed by atoms with Crippen molar-refractivity contribution >= 4 is 6.03 Å². The molecule has 4 nitrogen and oxygen atoms in total. The zero-order valence-electron chi connectivity index (χ0n) is 9.51. The molecular weight excluding hydrogens is 192 g/mol. The Morgan fingerprint density at radius 2 is 2.00 bits per heavy atom. The second-order valence-electron chi connectivity index (χ2n) is 4.38. The number of aliphatic hydroxyl groups excluding tert-OH is 1. The van der Waals surface area contributed by atoms with Crippen LogP contribution >= 0.6 is 0 Å². The molecule has 1 rings (SSSR count). The first kappa shape index (κ1) is 12.3. The first-order chi connectivity index (χ1) is 7.22. The lowest BCUT2D eigenvalue weighted by Gasteiger charge is -2.36. The molecular formula is C11H22N2O2. The van der Waals surface area contributed by atoms with Gasteiger partial charge in [0.05, 0.1) is 12.1 Å². The molecule has 0 bridgehead atoms. The van der Waals surface area contributed by atoms with Gasteiger partial charge in [0.1, 0.15) is 0 Å². The highest BCUT2D eigenvalue weighted by atomic mass is 16.3. The van der Waals surface area contributed by atoms with E-state index >= 15 is 0 Å². The van der Waals surface area contributed by atoms with E-state index in [0.29, 0.717) is 6.54 Å². The second-order valence-corrected chi connectivity index (χ2v) is 4.38. The second kappa shape index (κ2) is 5.95. The Labute approximate surface area is 91.4 Å². The summed E-state index contributed by atoms with van der Waals surface area (Å²) in [4.78, 5) is 11.5. The van der Waals surface area contributed by atoms with Crippen LogP contribution in [-0.4, -0.2) is 29.8 Å². The maximum Gasteiger partial charge on any atom is 0.315 e. The summed E-state index contributed by atoms with van der Waals surface area (Å²) in [5.41, 5.74) is -0.365. The van der Waals surface area contributed by atoms with E-state index in [1.54, 1.807) is 0 Å². The normalized spacial score (nSPS) is 19.6. The highest BCUT2D eigenvalue weighted by molar-refractivity contribution is 5.74. The van der Waals surface area contributed by atoms with E-state index in [1.807, 2.05) is 6.92 Å². The Bertz CT molecular complexity index is 201. The molecule has 0 aliphatic heterocycles. The summed E-state index contributed by atoms with van der Waals surface area (Å²) >= 11 is 0. The average molecular weight is 214 g/mol. The van der Waals surface area contributed by atoms with Crippen molar-refractivity contribution < 1.29 is 9.90 Å². The third-order valence-electron chi connectivity index (χ3n) is 3.03. The van der Waals surface area contributed by atoms with Crippen molar-refractivity contribution in [2.75, 3.05) is 13.2 Å². The Morgan fingerprint density at radius 1 is 1.33 bits per heavy atom. The van der Waals surface area contributed by atoms with Gasteiger partial charge in [-0.05, 0) is 19.3 Å². The minimum absolute atomic E-state index is 0.0482. The fourth-order valence-corrected chi connectivity index (χ4v) is 2.07. The quantitative estimate of drug-likeness (QED) is 0.662. The van der Waals surface area contributed by atoms with E-state index in [9.17, 15) is 9.90 Å². The minimum atomic E-state index is -0.365. The molecule has 0 spiro atoms. The molecule has 0 unspecified atom stereocenters. The molecule has 1 fully saturated rings. The molecule has 0 aromatic carbocycles. The number of urea groups is 1. The number of carbonyl (C=O) groups excluding carboxylic acids is 1. The molecule has 15 heavy (non-hydrogen) atoms. The smallest absolute Gasteiger partial charge is 0.315 e. The van der Waals surface area contributed by atoms with Crippen LogP contribution in [0.25, 0.3) is 0 Å². The predicted octanol–water partition coefficient (Wildman–Crippen LogP) is 1.39. The average Bonchev–Trinajstić information content (AvgIpc) is 2.27. The van der Waals surface area contributed by atoms with Crippen molar-refractivity contribution in [3.63, 3.8) is 0 Å². The van der Waals surface area contributed by atoms with Gasteiger partial charge in [-0.25, -0.2) is 4.79 Å². The third kappa shape index (κ3) is 3.70. The van der Waals surface area contributed by atoms with Crippen LogP contribution in [0.3, 0.4) is 0 Å². The minimum Gasteiger partial charge on any atom is -0.394 e. The highest BCUT2D eigenvalue weighted by Crippen LogP contribution is 2.27. The summed E-state index contributed by atoms with van der Waals surface area (Å²) in [5, 5.41) is 15.1. The molecule has 0 radical (unpaired) electrons. The van der Waals surface area contributed by atoms with Gasteiger partial charge < -0.3 is 15.7 Å². The van der Waals surface area contributed by atoms with Crippen LogP contribution in [0, 0.1) is 0 Å². The van der Waals surface area contributed by atoms with Crippen LogP contribution in [0.4, 0.5) is 4.79 Å². The Morgan fingerprint density at radius 3 is 2.53 bits per heavy atom. The summed E-state index contributed by atoms with van der Waals surface area (Å²) in [6.45, 7) is 2.75. The Balaban J connectivity index is 2.40. The molecule has 1 saturated carbocycles. The zero-order valence-corrected chi connectivity index (χ0v) is 9.51. The number of amides is 2.